The van der Waals surface area contributed by atoms with Gasteiger partial charge in [0.2, 0.25) is 0 Å². The Morgan fingerprint density at radius 3 is 1.29 bits per heavy atom. The number of hydrogen-bond donors (Lipinski definition) is 0. The molecule has 0 heterocycles. The van der Waals surface area contributed by atoms with Crippen molar-refractivity contribution in [1.82, 2.24) is 0 Å². The van der Waals surface area contributed by atoms with Gasteiger partial charge >= 0.3 is 327 Å². The predicted octanol–water partition coefficient (Wildman–Crippen LogP) is 15.5. The fourth-order valence-electron chi connectivity index (χ4n) is 9.91. The molecule has 0 saturated heterocycles. The average Bonchev–Trinajstić information content (AvgIpc) is 3.70. The molecule has 0 N–H and O–H groups in total. The van der Waals surface area contributed by atoms with Crippen LogP contribution in [0.4, 0.5) is 0 Å². The molecule has 52 heavy (non-hydrogen) atoms. The first-order valence-corrected chi connectivity index (χ1v) is 36.6. The van der Waals surface area contributed by atoms with Gasteiger partial charge in [-0.3, -0.25) is 0 Å². The number of hydrogen-bond acceptors (Lipinski definition) is 0. The summed E-state index contributed by atoms with van der Waals surface area (Å²) >= 11 is -4.95. The minimum absolute atomic E-state index is 0.104. The van der Waals surface area contributed by atoms with Gasteiger partial charge in [-0.15, -0.1) is 0 Å². The first kappa shape index (κ1) is 39.7. The van der Waals surface area contributed by atoms with Crippen molar-refractivity contribution in [3.63, 3.8) is 0 Å². The summed E-state index contributed by atoms with van der Waals surface area (Å²) in [6.07, 6.45) is 11.4. The van der Waals surface area contributed by atoms with E-state index < -0.39 is 21.5 Å². The maximum atomic E-state index is 8.93. The van der Waals surface area contributed by atoms with E-state index in [1.54, 1.807) is 0 Å². The van der Waals surface area contributed by atoms with Crippen LogP contribution < -0.4 is 0 Å². The van der Waals surface area contributed by atoms with E-state index in [2.05, 4.69) is 153 Å². The van der Waals surface area contributed by atoms with Crippen LogP contribution >= 0.6 is 17.0 Å². The van der Waals surface area contributed by atoms with Gasteiger partial charge in [0.1, 0.15) is 0 Å². The number of fused-ring (bicyclic) bond motifs is 2. The van der Waals surface area contributed by atoms with E-state index >= 15 is 0 Å². The fraction of sp³-hybridized carbons (Fsp3) is 0.417. The van der Waals surface area contributed by atoms with Crippen LogP contribution in [0, 0.1) is 0 Å². The summed E-state index contributed by atoms with van der Waals surface area (Å²) in [5.41, 5.74) is 19.8. The Hall–Kier alpha value is -1.96. The fourth-order valence-corrected chi connectivity index (χ4v) is 41.4. The van der Waals surface area contributed by atoms with Crippen molar-refractivity contribution in [2.45, 2.75) is 126 Å². The van der Waals surface area contributed by atoms with Gasteiger partial charge in [0, 0.05) is 0 Å². The molecule has 0 nitrogen and oxygen atoms in total. The zero-order valence-corrected chi connectivity index (χ0v) is 38.6. The molecule has 4 aromatic rings. The van der Waals surface area contributed by atoms with Crippen LogP contribution in [-0.4, -0.2) is 5.92 Å². The molecule has 0 amide bonds. The summed E-state index contributed by atoms with van der Waals surface area (Å²) in [5.74, 6) is -0.874. The molecule has 275 valence electrons. The Kier molecular flexibility index (Phi) is 12.0. The van der Waals surface area contributed by atoms with Gasteiger partial charge in [-0.25, -0.2) is 0 Å². The van der Waals surface area contributed by atoms with E-state index in [-0.39, 0.29) is 7.25 Å². The van der Waals surface area contributed by atoms with E-state index in [4.69, 9.17) is 17.0 Å². The van der Waals surface area contributed by atoms with Gasteiger partial charge in [-0.1, -0.05) is 0 Å². The van der Waals surface area contributed by atoms with Crippen LogP contribution in [0.25, 0.3) is 34.4 Å². The van der Waals surface area contributed by atoms with Gasteiger partial charge in [0.15, 0.2) is 0 Å². The summed E-state index contributed by atoms with van der Waals surface area (Å²) in [6.45, 7) is 23.6. The molecule has 0 fully saturated rings. The maximum absolute atomic E-state index is 8.93. The zero-order valence-electron chi connectivity index (χ0n) is 33.5. The van der Waals surface area contributed by atoms with Crippen LogP contribution in [-0.2, 0) is 28.4 Å². The molecule has 0 spiro atoms. The zero-order chi connectivity index (χ0) is 37.6. The molecular formula is C48H61Cl2SiZr. The Bertz CT molecular complexity index is 1890. The summed E-state index contributed by atoms with van der Waals surface area (Å²) in [4.78, 5) is 0. The van der Waals surface area contributed by atoms with E-state index in [0.29, 0.717) is 11.8 Å². The normalized spacial score (nSPS) is 17.7. The quantitative estimate of drug-likeness (QED) is 0.118. The van der Waals surface area contributed by atoms with E-state index in [0.717, 1.165) is 38.5 Å². The standard InChI is InChI=1S/2C23H27.C2H7Si.2ClH.Zr/c2*1-5-9-17-14-19-12-13-20(16(3)4)23(22(19)15-17)21-11-8-7-10-18(21)6-2;1-3-2;;;/h2*7-8,10-16H,5-6,9H2,1-4H3;3H,1-2H3;2*1H;/q;;;;;+2/p-2. The van der Waals surface area contributed by atoms with Crippen LogP contribution in [0.3, 0.4) is 0 Å². The first-order valence-electron chi connectivity index (χ1n) is 20.3. The molecule has 0 aliphatic heterocycles. The second-order valence-electron chi connectivity index (χ2n) is 16.6. The SMILES string of the molecule is CCCC1=Cc2c(ccc(C(C)C)c2-c2ccccc2CC)[CH]1[Zr]([Cl])([Cl])([CH]1C(CCC)=Cc2c1ccc(C(C)C)c2-c1ccccc1CC)[SiH](C)C. The summed E-state index contributed by atoms with van der Waals surface area (Å²) in [6, 6.07) is 27.9. The van der Waals surface area contributed by atoms with Crippen LogP contribution in [0.15, 0.2) is 83.9 Å². The van der Waals surface area contributed by atoms with Crippen LogP contribution in [0.2, 0.25) is 13.1 Å². The molecule has 0 bridgehead atoms. The minimum atomic E-state index is -4.95. The van der Waals surface area contributed by atoms with Gasteiger partial charge in [0.05, 0.1) is 0 Å². The molecule has 2 atom stereocenters. The molecule has 6 rings (SSSR count). The van der Waals surface area contributed by atoms with Gasteiger partial charge in [-0.2, -0.15) is 0 Å². The summed E-state index contributed by atoms with van der Waals surface area (Å²) in [7, 11) is 17.9. The van der Waals surface area contributed by atoms with Gasteiger partial charge in [0.25, 0.3) is 0 Å². The first-order chi connectivity index (χ1) is 24.8. The predicted molar refractivity (Wildman–Crippen MR) is 233 cm³/mol. The molecule has 4 aromatic carbocycles. The Morgan fingerprint density at radius 1 is 0.577 bits per heavy atom. The third kappa shape index (κ3) is 6.48. The number of rotatable bonds is 13. The number of allylic oxidation sites excluding steroid dienone is 2. The van der Waals surface area contributed by atoms with Crippen molar-refractivity contribution in [1.29, 1.82) is 0 Å². The molecule has 2 unspecified atom stereocenters. The van der Waals surface area contributed by atoms with Gasteiger partial charge < -0.3 is 0 Å². The number of halogens is 2. The Labute approximate surface area is 324 Å². The second kappa shape index (κ2) is 15.6. The van der Waals surface area contributed by atoms with Gasteiger partial charge in [-0.05, 0) is 0 Å². The Morgan fingerprint density at radius 2 is 0.962 bits per heavy atom. The second-order valence-corrected chi connectivity index (χ2v) is 59.1. The monoisotopic (exact) mass is 825 g/mol. The molecule has 0 radical (unpaired) electrons. The summed E-state index contributed by atoms with van der Waals surface area (Å²) in [5, 5.41) is 0. The van der Waals surface area contributed by atoms with E-state index in [9.17, 15) is 0 Å². The van der Waals surface area contributed by atoms with Crippen molar-refractivity contribution in [3.05, 3.63) is 128 Å². The number of aryl methyl sites for hydroxylation is 2. The molecule has 0 saturated carbocycles. The molecule has 2 aliphatic carbocycles. The van der Waals surface area contributed by atoms with E-state index in [1.807, 2.05) is 0 Å². The number of benzene rings is 4. The summed E-state index contributed by atoms with van der Waals surface area (Å²) < 4.78 is 0.208. The molecule has 2 aliphatic rings. The van der Waals surface area contributed by atoms with Crippen molar-refractivity contribution >= 4 is 35.1 Å². The molecular weight excluding hydrogens is 767 g/mol. The van der Waals surface area contributed by atoms with E-state index in [1.165, 1.54) is 77.9 Å². The average molecular weight is 828 g/mol. The van der Waals surface area contributed by atoms with Crippen LogP contribution in [0.5, 0.6) is 0 Å². The van der Waals surface area contributed by atoms with Crippen molar-refractivity contribution in [3.8, 4) is 22.3 Å². The topological polar surface area (TPSA) is 0 Å². The molecule has 0 aromatic heterocycles. The van der Waals surface area contributed by atoms with Crippen molar-refractivity contribution < 1.29 is 15.6 Å². The van der Waals surface area contributed by atoms with Crippen molar-refractivity contribution in [2.75, 3.05) is 0 Å². The third-order valence-electron chi connectivity index (χ3n) is 12.5. The molecule has 4 heteroatoms. The van der Waals surface area contributed by atoms with Crippen LogP contribution in [0.1, 0.15) is 145 Å². The van der Waals surface area contributed by atoms with Crippen molar-refractivity contribution in [2.24, 2.45) is 0 Å². The third-order valence-corrected chi connectivity index (χ3v) is 64.4. The Balaban J connectivity index is 1.68.